The monoisotopic (exact) mass is 482 g/mol. The molecule has 9 atom stereocenters. The van der Waals surface area contributed by atoms with Gasteiger partial charge in [-0.25, -0.2) is 0 Å². The van der Waals surface area contributed by atoms with Gasteiger partial charge in [-0.15, -0.1) is 0 Å². The maximum Gasteiger partial charge on any atom is 0.311 e. The molecule has 1 N–H and O–H groups in total. The first kappa shape index (κ1) is 21.9. The van der Waals surface area contributed by atoms with Crippen molar-refractivity contribution >= 4 is 17.5 Å². The lowest BCUT2D eigenvalue weighted by molar-refractivity contribution is -0.331. The number of carbonyl (C=O) groups is 3. The van der Waals surface area contributed by atoms with Crippen molar-refractivity contribution in [3.05, 3.63) is 35.1 Å². The van der Waals surface area contributed by atoms with Crippen molar-refractivity contribution in [3.8, 4) is 0 Å². The topological polar surface area (TPSA) is 108 Å². The third kappa shape index (κ3) is 2.24. The Morgan fingerprint density at radius 3 is 2.46 bits per heavy atom. The van der Waals surface area contributed by atoms with Crippen molar-refractivity contribution < 1.29 is 38.4 Å². The number of allylic oxidation sites excluding steroid dienone is 2. The van der Waals surface area contributed by atoms with Crippen LogP contribution in [-0.2, 0) is 33.3 Å². The Balaban J connectivity index is 1.45. The lowest BCUT2D eigenvalue weighted by atomic mass is 9.62. The van der Waals surface area contributed by atoms with E-state index in [-0.39, 0.29) is 11.6 Å². The first-order valence-electron chi connectivity index (χ1n) is 12.5. The van der Waals surface area contributed by atoms with Crippen LogP contribution in [0.2, 0.25) is 0 Å². The average molecular weight is 483 g/mol. The first-order valence-corrected chi connectivity index (χ1v) is 12.5. The van der Waals surface area contributed by atoms with E-state index in [1.54, 1.807) is 20.1 Å². The van der Waals surface area contributed by atoms with Crippen LogP contribution in [0.25, 0.3) is 0 Å². The molecule has 7 rings (SSSR count). The van der Waals surface area contributed by atoms with Crippen molar-refractivity contribution in [3.63, 3.8) is 0 Å². The SMILES string of the molecule is C[C@@H]1C(=O)O[C@H]2[C@@H]1O[C@]13O[C@@]4(CC[C@]5(C)C(=O)[C@](C)(O)[C@@H]2[C@H]15)CC1=COC(C)(C)C1=CC=C4C3=O. The number of hydrogen-bond donors (Lipinski definition) is 1. The Morgan fingerprint density at radius 2 is 1.71 bits per heavy atom. The van der Waals surface area contributed by atoms with Crippen molar-refractivity contribution in [2.45, 2.75) is 88.7 Å². The molecule has 5 aliphatic heterocycles. The van der Waals surface area contributed by atoms with E-state index in [1.165, 1.54) is 6.92 Å². The maximum atomic E-state index is 14.4. The molecule has 0 aromatic rings. The van der Waals surface area contributed by atoms with Crippen LogP contribution in [0.4, 0.5) is 0 Å². The third-order valence-corrected chi connectivity index (χ3v) is 10.0. The largest absolute Gasteiger partial charge is 0.490 e. The molecule has 5 heterocycles. The van der Waals surface area contributed by atoms with Crippen molar-refractivity contribution in [2.75, 3.05) is 0 Å². The lowest BCUT2D eigenvalue weighted by Crippen LogP contribution is -2.64. The van der Waals surface area contributed by atoms with Gasteiger partial charge in [-0.05, 0) is 46.1 Å². The standard InChI is InChI=1S/C27H30O8/c1-12-17-18(33-21(12)29)16-19-24(4,22(30)25(16,5)31)8-9-26-10-13-11-32-23(2,3)14(13)6-7-15(26)20(28)27(19,34-17)35-26/h6-7,11-12,16-19,31H,8-10H2,1-5H3/t12-,16-,17+,18+,19-,24-,25+,26-,27-/m0/s1. The molecule has 2 spiro atoms. The summed E-state index contributed by atoms with van der Waals surface area (Å²) in [5, 5.41) is 11.6. The number of ketones is 2. The normalized spacial score (nSPS) is 52.7. The number of rotatable bonds is 0. The number of ether oxygens (including phenoxy) is 4. The number of aliphatic hydroxyl groups is 1. The van der Waals surface area contributed by atoms with Gasteiger partial charge in [0, 0.05) is 34.8 Å². The molecule has 0 aromatic carbocycles. The van der Waals surface area contributed by atoms with Gasteiger partial charge in [-0.2, -0.15) is 0 Å². The summed E-state index contributed by atoms with van der Waals surface area (Å²) in [4.78, 5) is 40.8. The molecule has 4 saturated heterocycles. The van der Waals surface area contributed by atoms with Crippen LogP contribution in [0.5, 0.6) is 0 Å². The fourth-order valence-corrected chi connectivity index (χ4v) is 8.29. The van der Waals surface area contributed by atoms with Crippen LogP contribution in [-0.4, -0.2) is 57.4 Å². The quantitative estimate of drug-likeness (QED) is 0.524. The second-order valence-corrected chi connectivity index (χ2v) is 12.4. The summed E-state index contributed by atoms with van der Waals surface area (Å²) in [5.41, 5.74) is -1.89. The fourth-order valence-electron chi connectivity index (χ4n) is 8.29. The molecule has 35 heavy (non-hydrogen) atoms. The molecule has 1 saturated carbocycles. The second-order valence-electron chi connectivity index (χ2n) is 12.4. The van der Waals surface area contributed by atoms with Gasteiger partial charge in [0.25, 0.3) is 0 Å². The molecular formula is C27H30O8. The molecule has 8 nitrogen and oxygen atoms in total. The van der Waals surface area contributed by atoms with Gasteiger partial charge in [0.05, 0.1) is 12.2 Å². The Morgan fingerprint density at radius 1 is 1.00 bits per heavy atom. The van der Waals surface area contributed by atoms with Gasteiger partial charge in [-0.1, -0.05) is 19.1 Å². The van der Waals surface area contributed by atoms with Crippen LogP contribution < -0.4 is 0 Å². The zero-order chi connectivity index (χ0) is 24.9. The van der Waals surface area contributed by atoms with Crippen LogP contribution in [0.1, 0.15) is 53.9 Å². The summed E-state index contributed by atoms with van der Waals surface area (Å²) >= 11 is 0. The molecule has 0 aromatic heterocycles. The summed E-state index contributed by atoms with van der Waals surface area (Å²) in [6.45, 7) is 8.94. The molecule has 7 aliphatic rings. The predicted octanol–water partition coefficient (Wildman–Crippen LogP) is 2.30. The molecule has 8 heteroatoms. The minimum absolute atomic E-state index is 0.315. The van der Waals surface area contributed by atoms with E-state index in [9.17, 15) is 19.5 Å². The van der Waals surface area contributed by atoms with Gasteiger partial charge < -0.3 is 24.1 Å². The smallest absolute Gasteiger partial charge is 0.311 e. The predicted molar refractivity (Wildman–Crippen MR) is 119 cm³/mol. The van der Waals surface area contributed by atoms with E-state index < -0.39 is 63.9 Å². The molecule has 186 valence electrons. The molecule has 0 radical (unpaired) electrons. The molecule has 2 aliphatic carbocycles. The summed E-state index contributed by atoms with van der Waals surface area (Å²) in [7, 11) is 0. The van der Waals surface area contributed by atoms with Crippen molar-refractivity contribution in [2.24, 2.45) is 23.2 Å². The number of Topliss-reactive ketones (excluding diaryl/α,β-unsaturated/α-hetero) is 2. The highest BCUT2D eigenvalue weighted by atomic mass is 16.7. The summed E-state index contributed by atoms with van der Waals surface area (Å²) < 4.78 is 25.0. The zero-order valence-corrected chi connectivity index (χ0v) is 20.5. The summed E-state index contributed by atoms with van der Waals surface area (Å²) in [5.74, 6) is -5.14. The van der Waals surface area contributed by atoms with E-state index in [0.29, 0.717) is 24.8 Å². The van der Waals surface area contributed by atoms with Crippen LogP contribution >= 0.6 is 0 Å². The van der Waals surface area contributed by atoms with E-state index in [2.05, 4.69) is 0 Å². The van der Waals surface area contributed by atoms with Gasteiger partial charge in [0.15, 0.2) is 5.78 Å². The second kappa shape index (κ2) is 5.98. The molecule has 0 amide bonds. The fraction of sp³-hybridized carbons (Fsp3) is 0.667. The highest BCUT2D eigenvalue weighted by molar-refractivity contribution is 6.08. The van der Waals surface area contributed by atoms with Crippen molar-refractivity contribution in [1.29, 1.82) is 0 Å². The highest BCUT2D eigenvalue weighted by Crippen LogP contribution is 2.69. The summed E-state index contributed by atoms with van der Waals surface area (Å²) in [6.07, 6.45) is 5.12. The minimum atomic E-state index is -1.78. The minimum Gasteiger partial charge on any atom is -0.490 e. The van der Waals surface area contributed by atoms with E-state index in [1.807, 2.05) is 26.0 Å². The van der Waals surface area contributed by atoms with Crippen LogP contribution in [0.3, 0.4) is 0 Å². The van der Waals surface area contributed by atoms with Crippen molar-refractivity contribution in [1.82, 2.24) is 0 Å². The van der Waals surface area contributed by atoms with E-state index in [0.717, 1.165) is 11.1 Å². The molecular weight excluding hydrogens is 452 g/mol. The number of esters is 1. The van der Waals surface area contributed by atoms with Crippen LogP contribution in [0.15, 0.2) is 35.1 Å². The Hall–Kier alpha value is -2.29. The molecule has 0 unspecified atom stereocenters. The Labute approximate surface area is 203 Å². The van der Waals surface area contributed by atoms with Gasteiger partial charge in [0.1, 0.15) is 29.0 Å². The highest BCUT2D eigenvalue weighted by Gasteiger charge is 2.82. The maximum absolute atomic E-state index is 14.4. The first-order chi connectivity index (χ1) is 16.3. The number of fused-ring (bicyclic) bond motifs is 3. The Bertz CT molecular complexity index is 1220. The molecule has 5 fully saturated rings. The average Bonchev–Trinajstić information content (AvgIpc) is 3.27. The van der Waals surface area contributed by atoms with Gasteiger partial charge in [0.2, 0.25) is 11.6 Å². The third-order valence-electron chi connectivity index (χ3n) is 10.0. The number of hydrogen-bond acceptors (Lipinski definition) is 8. The van der Waals surface area contributed by atoms with E-state index >= 15 is 0 Å². The van der Waals surface area contributed by atoms with Gasteiger partial charge >= 0.3 is 5.97 Å². The summed E-state index contributed by atoms with van der Waals surface area (Å²) in [6, 6.07) is 0. The van der Waals surface area contributed by atoms with Crippen LogP contribution in [0, 0.1) is 23.2 Å². The lowest BCUT2D eigenvalue weighted by Gasteiger charge is -2.50. The number of carbonyl (C=O) groups excluding carboxylic acids is 3. The zero-order valence-electron chi connectivity index (χ0n) is 20.5. The van der Waals surface area contributed by atoms with Gasteiger partial charge in [-0.3, -0.25) is 14.4 Å². The Kier molecular flexibility index (Phi) is 3.75. The van der Waals surface area contributed by atoms with E-state index in [4.69, 9.17) is 18.9 Å². The molecule has 2 bridgehead atoms.